The van der Waals surface area contributed by atoms with Gasteiger partial charge in [0.1, 0.15) is 5.75 Å². The number of hydrogen-bond acceptors (Lipinski definition) is 7. The molecule has 0 aliphatic heterocycles. The largest absolute Gasteiger partial charge is 0.495 e. The molecule has 0 saturated heterocycles. The molecule has 1 unspecified atom stereocenters. The minimum atomic E-state index is -0.967. The quantitative estimate of drug-likeness (QED) is 0.306. The van der Waals surface area contributed by atoms with Crippen LogP contribution in [0.25, 0.3) is 0 Å². The third-order valence-corrected chi connectivity index (χ3v) is 5.44. The summed E-state index contributed by atoms with van der Waals surface area (Å²) in [5.74, 6) is -0.340. The number of carbonyl (C=O) groups excluding carboxylic acids is 3. The summed E-state index contributed by atoms with van der Waals surface area (Å²) in [5.41, 5.74) is 2.28. The molecule has 8 nitrogen and oxygen atoms in total. The van der Waals surface area contributed by atoms with E-state index in [2.05, 4.69) is 5.32 Å². The molecule has 3 aromatic rings. The summed E-state index contributed by atoms with van der Waals surface area (Å²) < 4.78 is 21.5. The molecule has 0 bridgehead atoms. The first-order chi connectivity index (χ1) is 17.4. The molecule has 8 heteroatoms. The number of anilines is 1. The van der Waals surface area contributed by atoms with Gasteiger partial charge in [-0.1, -0.05) is 43.3 Å². The lowest BCUT2D eigenvalue weighted by Gasteiger charge is -2.15. The second-order valence-corrected chi connectivity index (χ2v) is 7.87. The lowest BCUT2D eigenvalue weighted by atomic mass is 10.0. The number of aryl methyl sites for hydroxylation is 1. The van der Waals surface area contributed by atoms with Gasteiger partial charge in [0.2, 0.25) is 5.78 Å². The van der Waals surface area contributed by atoms with Crippen LogP contribution in [0.3, 0.4) is 0 Å². The number of ketones is 1. The summed E-state index contributed by atoms with van der Waals surface area (Å²) in [6.45, 7) is 3.27. The maximum atomic E-state index is 12.7. The molecule has 1 atom stereocenters. The Kier molecular flexibility index (Phi) is 9.05. The van der Waals surface area contributed by atoms with E-state index in [1.54, 1.807) is 36.4 Å². The topological polar surface area (TPSA) is 100 Å². The number of benzene rings is 3. The van der Waals surface area contributed by atoms with Crippen LogP contribution in [-0.2, 0) is 16.0 Å². The van der Waals surface area contributed by atoms with Crippen molar-refractivity contribution in [1.29, 1.82) is 0 Å². The first-order valence-corrected chi connectivity index (χ1v) is 11.4. The Labute approximate surface area is 210 Å². The lowest BCUT2D eigenvalue weighted by Crippen LogP contribution is -2.24. The van der Waals surface area contributed by atoms with Crippen molar-refractivity contribution in [2.24, 2.45) is 0 Å². The van der Waals surface area contributed by atoms with E-state index in [1.165, 1.54) is 39.3 Å². The van der Waals surface area contributed by atoms with Crippen LogP contribution in [0.15, 0.2) is 66.7 Å². The van der Waals surface area contributed by atoms with Gasteiger partial charge < -0.3 is 24.3 Å². The number of amides is 1. The zero-order chi connectivity index (χ0) is 26.1. The molecule has 36 heavy (non-hydrogen) atoms. The van der Waals surface area contributed by atoms with Gasteiger partial charge in [0, 0.05) is 5.56 Å². The highest BCUT2D eigenvalue weighted by atomic mass is 16.5. The molecule has 0 aromatic heterocycles. The van der Waals surface area contributed by atoms with Gasteiger partial charge in [0.25, 0.3) is 5.91 Å². The Balaban J connectivity index is 1.61. The van der Waals surface area contributed by atoms with Crippen molar-refractivity contribution < 1.29 is 33.3 Å². The predicted molar refractivity (Wildman–Crippen MR) is 135 cm³/mol. The van der Waals surface area contributed by atoms with Gasteiger partial charge in [-0.15, -0.1) is 0 Å². The van der Waals surface area contributed by atoms with Crippen molar-refractivity contribution in [3.8, 4) is 17.2 Å². The Morgan fingerprint density at radius 1 is 0.833 bits per heavy atom. The Hall–Kier alpha value is -4.33. The zero-order valence-corrected chi connectivity index (χ0v) is 20.7. The molecule has 0 aliphatic rings. The average Bonchev–Trinajstić information content (AvgIpc) is 2.91. The smallest absolute Gasteiger partial charge is 0.338 e. The average molecular weight is 492 g/mol. The number of hydrogen-bond donors (Lipinski definition) is 1. The van der Waals surface area contributed by atoms with Crippen LogP contribution in [-0.4, -0.2) is 44.6 Å². The summed E-state index contributed by atoms with van der Waals surface area (Å²) in [7, 11) is 2.93. The third kappa shape index (κ3) is 6.63. The van der Waals surface area contributed by atoms with Gasteiger partial charge in [-0.3, -0.25) is 9.59 Å². The molecule has 0 fully saturated rings. The van der Waals surface area contributed by atoms with E-state index in [-0.39, 0.29) is 29.5 Å². The van der Waals surface area contributed by atoms with Crippen LogP contribution >= 0.6 is 0 Å². The van der Waals surface area contributed by atoms with E-state index >= 15 is 0 Å². The monoisotopic (exact) mass is 491 g/mol. The molecule has 3 aromatic carbocycles. The molecule has 0 aliphatic carbocycles. The van der Waals surface area contributed by atoms with Gasteiger partial charge in [-0.25, -0.2) is 4.79 Å². The van der Waals surface area contributed by atoms with Crippen molar-refractivity contribution in [3.63, 3.8) is 0 Å². The van der Waals surface area contributed by atoms with Gasteiger partial charge in [0.15, 0.2) is 24.2 Å². The maximum absolute atomic E-state index is 12.7. The fourth-order valence-electron chi connectivity index (χ4n) is 3.41. The highest BCUT2D eigenvalue weighted by Crippen LogP contribution is 2.29. The fraction of sp³-hybridized carbons (Fsp3) is 0.250. The summed E-state index contributed by atoms with van der Waals surface area (Å²) in [4.78, 5) is 37.6. The second-order valence-electron chi connectivity index (χ2n) is 7.87. The van der Waals surface area contributed by atoms with E-state index in [0.717, 1.165) is 12.0 Å². The van der Waals surface area contributed by atoms with E-state index in [9.17, 15) is 14.4 Å². The highest BCUT2D eigenvalue weighted by Gasteiger charge is 2.21. The van der Waals surface area contributed by atoms with E-state index < -0.39 is 18.0 Å². The molecular formula is C28H29NO7. The molecule has 1 amide bonds. The van der Waals surface area contributed by atoms with Crippen LogP contribution < -0.4 is 19.5 Å². The summed E-state index contributed by atoms with van der Waals surface area (Å²) in [6, 6.07) is 18.6. The number of esters is 1. The van der Waals surface area contributed by atoms with Crippen LogP contribution in [0, 0.1) is 0 Å². The first-order valence-electron chi connectivity index (χ1n) is 11.4. The van der Waals surface area contributed by atoms with Crippen molar-refractivity contribution in [3.05, 3.63) is 83.4 Å². The molecule has 0 spiro atoms. The molecule has 3 rings (SSSR count). The molecule has 0 saturated carbocycles. The number of Topliss-reactive ketones (excluding diaryl/α,β-unsaturated/α-hetero) is 1. The van der Waals surface area contributed by atoms with Crippen LogP contribution in [0.2, 0.25) is 0 Å². The van der Waals surface area contributed by atoms with E-state index in [1.807, 2.05) is 19.1 Å². The second kappa shape index (κ2) is 12.4. The fourth-order valence-corrected chi connectivity index (χ4v) is 3.41. The van der Waals surface area contributed by atoms with Crippen LogP contribution in [0.1, 0.15) is 40.1 Å². The zero-order valence-electron chi connectivity index (χ0n) is 20.7. The minimum absolute atomic E-state index is 0.179. The summed E-state index contributed by atoms with van der Waals surface area (Å²) in [6.07, 6.45) is -0.0990. The predicted octanol–water partition coefficient (Wildman–Crippen LogP) is 4.71. The summed E-state index contributed by atoms with van der Waals surface area (Å²) >= 11 is 0. The number of rotatable bonds is 11. The van der Waals surface area contributed by atoms with E-state index in [4.69, 9.17) is 18.9 Å². The van der Waals surface area contributed by atoms with Crippen molar-refractivity contribution in [1.82, 2.24) is 0 Å². The number of methoxy groups -OCH3 is 2. The number of carbonyl (C=O) groups is 3. The Bertz CT molecular complexity index is 1220. The van der Waals surface area contributed by atoms with Crippen LogP contribution in [0.4, 0.5) is 5.69 Å². The number of ether oxygens (including phenoxy) is 4. The Morgan fingerprint density at radius 3 is 2.17 bits per heavy atom. The van der Waals surface area contributed by atoms with Crippen molar-refractivity contribution >= 4 is 23.3 Å². The number of nitrogens with one attached hydrogen (secondary N) is 1. The SMILES string of the molecule is CCc1ccc(C(=O)C(C)OC(=O)c2ccc(OCC(=O)Nc3ccccc3OC)c(OC)c2)cc1. The minimum Gasteiger partial charge on any atom is -0.495 e. The highest BCUT2D eigenvalue weighted by molar-refractivity contribution is 6.01. The van der Waals surface area contributed by atoms with E-state index in [0.29, 0.717) is 17.0 Å². The number of para-hydroxylation sites is 2. The van der Waals surface area contributed by atoms with Gasteiger partial charge in [-0.2, -0.15) is 0 Å². The molecule has 188 valence electrons. The molecule has 1 N–H and O–H groups in total. The lowest BCUT2D eigenvalue weighted by molar-refractivity contribution is -0.118. The Morgan fingerprint density at radius 2 is 1.50 bits per heavy atom. The molecular weight excluding hydrogens is 462 g/mol. The molecule has 0 heterocycles. The molecule has 0 radical (unpaired) electrons. The van der Waals surface area contributed by atoms with Gasteiger partial charge >= 0.3 is 5.97 Å². The first kappa shape index (κ1) is 26.3. The van der Waals surface area contributed by atoms with Gasteiger partial charge in [0.05, 0.1) is 25.5 Å². The van der Waals surface area contributed by atoms with Crippen LogP contribution in [0.5, 0.6) is 17.2 Å². The van der Waals surface area contributed by atoms with Gasteiger partial charge in [-0.05, 0) is 49.2 Å². The standard InChI is InChI=1S/C28H29NO7/c1-5-19-10-12-20(13-11-19)27(31)18(2)36-28(32)21-14-15-24(25(16-21)34-4)35-17-26(30)29-22-8-6-7-9-23(22)33-3/h6-16,18H,5,17H2,1-4H3,(H,29,30). The normalized spacial score (nSPS) is 11.2. The third-order valence-electron chi connectivity index (χ3n) is 5.44. The summed E-state index contributed by atoms with van der Waals surface area (Å²) in [5, 5.41) is 2.71. The van der Waals surface area contributed by atoms with Crippen molar-refractivity contribution in [2.45, 2.75) is 26.4 Å². The van der Waals surface area contributed by atoms with Crippen molar-refractivity contribution in [2.75, 3.05) is 26.1 Å². The maximum Gasteiger partial charge on any atom is 0.338 e.